The van der Waals surface area contributed by atoms with Crippen molar-refractivity contribution in [3.05, 3.63) is 29.3 Å². The van der Waals surface area contributed by atoms with Crippen LogP contribution in [0.2, 0.25) is 5.02 Å². The molecule has 0 fully saturated rings. The van der Waals surface area contributed by atoms with E-state index in [2.05, 4.69) is 5.32 Å². The van der Waals surface area contributed by atoms with Crippen molar-refractivity contribution in [3.8, 4) is 0 Å². The van der Waals surface area contributed by atoms with Gasteiger partial charge in [0, 0.05) is 17.3 Å². The Balaban J connectivity index is 2.65. The third-order valence-corrected chi connectivity index (χ3v) is 4.74. The second kappa shape index (κ2) is 6.17. The first-order chi connectivity index (χ1) is 8.35. The molecule has 5 nitrogen and oxygen atoms in total. The molecule has 18 heavy (non-hydrogen) atoms. The van der Waals surface area contributed by atoms with Crippen LogP contribution in [0.25, 0.3) is 0 Å². The number of amides is 1. The average Bonchev–Trinajstić information content (AvgIpc) is 2.30. The van der Waals surface area contributed by atoms with Gasteiger partial charge in [0.25, 0.3) is 0 Å². The standard InChI is InChI=1S/C11H15ClN2O3S/c1-8(6-13)18(16,17)7-11(15)14-10-4-2-9(12)3-5-10/h2-5,8H,6-7,13H2,1H3,(H,14,15). The number of hydrogen-bond acceptors (Lipinski definition) is 4. The molecular formula is C11H15ClN2O3S. The van der Waals surface area contributed by atoms with Crippen LogP contribution in [0, 0.1) is 0 Å². The molecule has 0 spiro atoms. The van der Waals surface area contributed by atoms with Crippen molar-refractivity contribution >= 4 is 33.0 Å². The zero-order chi connectivity index (χ0) is 13.8. The highest BCUT2D eigenvalue weighted by atomic mass is 35.5. The van der Waals surface area contributed by atoms with Crippen LogP contribution in [0.1, 0.15) is 6.92 Å². The van der Waals surface area contributed by atoms with Crippen molar-refractivity contribution in [2.45, 2.75) is 12.2 Å². The monoisotopic (exact) mass is 290 g/mol. The van der Waals surface area contributed by atoms with Gasteiger partial charge in [0.05, 0.1) is 5.25 Å². The topological polar surface area (TPSA) is 89.3 Å². The molecule has 1 aromatic rings. The number of hydrogen-bond donors (Lipinski definition) is 2. The number of nitrogens with one attached hydrogen (secondary N) is 1. The van der Waals surface area contributed by atoms with Crippen LogP contribution in [0.5, 0.6) is 0 Å². The van der Waals surface area contributed by atoms with Gasteiger partial charge >= 0.3 is 0 Å². The van der Waals surface area contributed by atoms with Crippen molar-refractivity contribution in [1.82, 2.24) is 0 Å². The highest BCUT2D eigenvalue weighted by Gasteiger charge is 2.23. The van der Waals surface area contributed by atoms with E-state index in [9.17, 15) is 13.2 Å². The van der Waals surface area contributed by atoms with Crippen molar-refractivity contribution in [2.75, 3.05) is 17.6 Å². The number of carbonyl (C=O) groups excluding carboxylic acids is 1. The molecule has 1 amide bonds. The van der Waals surface area contributed by atoms with Gasteiger partial charge in [0.2, 0.25) is 5.91 Å². The van der Waals surface area contributed by atoms with E-state index < -0.39 is 26.7 Å². The third kappa shape index (κ3) is 4.29. The van der Waals surface area contributed by atoms with Gasteiger partial charge in [-0.05, 0) is 31.2 Å². The maximum Gasteiger partial charge on any atom is 0.239 e. The summed E-state index contributed by atoms with van der Waals surface area (Å²) in [6.07, 6.45) is 0. The fourth-order valence-electron chi connectivity index (χ4n) is 1.20. The summed E-state index contributed by atoms with van der Waals surface area (Å²) in [5, 5.41) is 2.30. The Morgan fingerprint density at radius 3 is 2.44 bits per heavy atom. The van der Waals surface area contributed by atoms with Crippen molar-refractivity contribution < 1.29 is 13.2 Å². The van der Waals surface area contributed by atoms with E-state index in [1.807, 2.05) is 0 Å². The maximum atomic E-state index is 11.7. The Morgan fingerprint density at radius 1 is 1.39 bits per heavy atom. The van der Waals surface area contributed by atoms with Crippen LogP contribution in [0.3, 0.4) is 0 Å². The summed E-state index contributed by atoms with van der Waals surface area (Å²) in [6.45, 7) is 1.47. The molecule has 0 saturated heterocycles. The largest absolute Gasteiger partial charge is 0.329 e. The Morgan fingerprint density at radius 2 is 1.94 bits per heavy atom. The number of sulfone groups is 1. The normalized spacial score (nSPS) is 13.1. The minimum absolute atomic E-state index is 0.00341. The zero-order valence-electron chi connectivity index (χ0n) is 9.89. The molecule has 0 radical (unpaired) electrons. The Kier molecular flexibility index (Phi) is 5.13. The summed E-state index contributed by atoms with van der Waals surface area (Å²) in [5.41, 5.74) is 5.78. The number of halogens is 1. The van der Waals surface area contributed by atoms with Gasteiger partial charge in [0.1, 0.15) is 5.75 Å². The number of nitrogens with two attached hydrogens (primary N) is 1. The van der Waals surface area contributed by atoms with E-state index in [1.165, 1.54) is 6.92 Å². The van der Waals surface area contributed by atoms with E-state index in [4.69, 9.17) is 17.3 Å². The quantitative estimate of drug-likeness (QED) is 0.848. The van der Waals surface area contributed by atoms with Crippen molar-refractivity contribution in [3.63, 3.8) is 0 Å². The Hall–Kier alpha value is -1.11. The molecule has 3 N–H and O–H groups in total. The maximum absolute atomic E-state index is 11.7. The van der Waals surface area contributed by atoms with Gasteiger partial charge in [-0.25, -0.2) is 8.42 Å². The predicted molar refractivity (Wildman–Crippen MR) is 72.4 cm³/mol. The van der Waals surface area contributed by atoms with E-state index >= 15 is 0 Å². The lowest BCUT2D eigenvalue weighted by Gasteiger charge is -2.10. The third-order valence-electron chi connectivity index (χ3n) is 2.41. The molecule has 1 rings (SSSR count). The molecule has 0 aliphatic heterocycles. The molecule has 0 aromatic heterocycles. The van der Waals surface area contributed by atoms with E-state index in [1.54, 1.807) is 24.3 Å². The fraction of sp³-hybridized carbons (Fsp3) is 0.364. The van der Waals surface area contributed by atoms with Crippen LogP contribution in [-0.2, 0) is 14.6 Å². The van der Waals surface area contributed by atoms with Gasteiger partial charge in [-0.3, -0.25) is 4.79 Å². The highest BCUT2D eigenvalue weighted by Crippen LogP contribution is 2.13. The summed E-state index contributed by atoms with van der Waals surface area (Å²) in [6, 6.07) is 6.40. The molecular weight excluding hydrogens is 276 g/mol. The van der Waals surface area contributed by atoms with Gasteiger partial charge in [-0.2, -0.15) is 0 Å². The van der Waals surface area contributed by atoms with Crippen LogP contribution >= 0.6 is 11.6 Å². The lowest BCUT2D eigenvalue weighted by molar-refractivity contribution is -0.113. The minimum atomic E-state index is -3.50. The number of anilines is 1. The molecule has 0 heterocycles. The molecule has 7 heteroatoms. The number of benzene rings is 1. The predicted octanol–water partition coefficient (Wildman–Crippen LogP) is 1.04. The number of rotatable bonds is 5. The molecule has 0 aliphatic carbocycles. The fourth-order valence-corrected chi connectivity index (χ4v) is 2.34. The molecule has 1 atom stereocenters. The zero-order valence-corrected chi connectivity index (χ0v) is 11.5. The van der Waals surface area contributed by atoms with E-state index in [0.29, 0.717) is 10.7 Å². The Labute approximate surface area is 111 Å². The molecule has 1 unspecified atom stereocenters. The van der Waals surface area contributed by atoms with E-state index in [0.717, 1.165) is 0 Å². The lowest BCUT2D eigenvalue weighted by Crippen LogP contribution is -2.33. The molecule has 1 aromatic carbocycles. The molecule has 0 bridgehead atoms. The van der Waals surface area contributed by atoms with Crippen molar-refractivity contribution in [2.24, 2.45) is 5.73 Å². The summed E-state index contributed by atoms with van der Waals surface area (Å²) in [5.74, 6) is -1.16. The molecule has 0 aliphatic rings. The molecule has 0 saturated carbocycles. The van der Waals surface area contributed by atoms with Gasteiger partial charge in [-0.1, -0.05) is 11.6 Å². The first-order valence-corrected chi connectivity index (χ1v) is 7.41. The van der Waals surface area contributed by atoms with Crippen LogP contribution < -0.4 is 11.1 Å². The second-order valence-electron chi connectivity index (χ2n) is 3.91. The van der Waals surface area contributed by atoms with Crippen LogP contribution in [-0.4, -0.2) is 31.9 Å². The SMILES string of the molecule is CC(CN)S(=O)(=O)CC(=O)Nc1ccc(Cl)cc1. The van der Waals surface area contributed by atoms with Gasteiger partial charge < -0.3 is 11.1 Å². The van der Waals surface area contributed by atoms with Gasteiger partial charge in [-0.15, -0.1) is 0 Å². The summed E-state index contributed by atoms with van der Waals surface area (Å²) < 4.78 is 23.3. The van der Waals surface area contributed by atoms with Gasteiger partial charge in [0.15, 0.2) is 9.84 Å². The summed E-state index contributed by atoms with van der Waals surface area (Å²) >= 11 is 5.69. The van der Waals surface area contributed by atoms with Crippen molar-refractivity contribution in [1.29, 1.82) is 0 Å². The minimum Gasteiger partial charge on any atom is -0.329 e. The summed E-state index contributed by atoms with van der Waals surface area (Å²) in [7, 11) is -3.50. The average molecular weight is 291 g/mol. The smallest absolute Gasteiger partial charge is 0.239 e. The highest BCUT2D eigenvalue weighted by molar-refractivity contribution is 7.92. The van der Waals surface area contributed by atoms with Crippen LogP contribution in [0.4, 0.5) is 5.69 Å². The number of carbonyl (C=O) groups is 1. The Bertz CT molecular complexity index is 514. The lowest BCUT2D eigenvalue weighted by atomic mass is 10.3. The second-order valence-corrected chi connectivity index (χ2v) is 6.76. The molecule has 100 valence electrons. The summed E-state index contributed by atoms with van der Waals surface area (Å²) in [4.78, 5) is 11.6. The first-order valence-electron chi connectivity index (χ1n) is 5.32. The van der Waals surface area contributed by atoms with Crippen LogP contribution in [0.15, 0.2) is 24.3 Å². The first kappa shape index (κ1) is 14.9. The van der Waals surface area contributed by atoms with E-state index in [-0.39, 0.29) is 6.54 Å².